The van der Waals surface area contributed by atoms with Crippen LogP contribution in [0.25, 0.3) is 0 Å². The molecule has 0 bridgehead atoms. The van der Waals surface area contributed by atoms with Crippen molar-refractivity contribution in [2.45, 2.75) is 59.0 Å². The van der Waals surface area contributed by atoms with Gasteiger partial charge in [0.25, 0.3) is 6.29 Å². The van der Waals surface area contributed by atoms with Gasteiger partial charge in [0.2, 0.25) is 0 Å². The van der Waals surface area contributed by atoms with Gasteiger partial charge < -0.3 is 14.6 Å². The van der Waals surface area contributed by atoms with Gasteiger partial charge in [-0.15, -0.1) is 0 Å². The standard InChI is InChI=1S/C12H25O3/c1-4-7-9-14-11(6-3)12(13)15-10-8-5-2/h11,13H,4-10H2,1-3H3. The molecule has 0 rings (SSSR count). The second kappa shape index (κ2) is 10.4. The topological polar surface area (TPSA) is 38.7 Å². The molecule has 0 aliphatic rings. The molecule has 0 aliphatic heterocycles. The fourth-order valence-electron chi connectivity index (χ4n) is 1.15. The second-order valence-electron chi connectivity index (χ2n) is 3.66. The molecule has 15 heavy (non-hydrogen) atoms. The van der Waals surface area contributed by atoms with Crippen molar-refractivity contribution in [1.82, 2.24) is 0 Å². The molecule has 0 fully saturated rings. The lowest BCUT2D eigenvalue weighted by Crippen LogP contribution is -2.24. The zero-order valence-electron chi connectivity index (χ0n) is 10.3. The molecule has 0 aromatic carbocycles. The van der Waals surface area contributed by atoms with E-state index in [4.69, 9.17) is 9.47 Å². The molecule has 0 saturated heterocycles. The average molecular weight is 217 g/mol. The Morgan fingerprint density at radius 1 is 1.07 bits per heavy atom. The summed E-state index contributed by atoms with van der Waals surface area (Å²) in [6.07, 6.45) is 4.71. The van der Waals surface area contributed by atoms with Gasteiger partial charge in [-0.1, -0.05) is 33.6 Å². The number of hydrogen-bond acceptors (Lipinski definition) is 3. The van der Waals surface area contributed by atoms with Crippen molar-refractivity contribution in [3.05, 3.63) is 6.29 Å². The van der Waals surface area contributed by atoms with Crippen molar-refractivity contribution in [2.24, 2.45) is 0 Å². The Morgan fingerprint density at radius 2 is 1.67 bits per heavy atom. The number of aliphatic hydroxyl groups excluding tert-OH is 1. The maximum absolute atomic E-state index is 9.60. The highest BCUT2D eigenvalue weighted by Gasteiger charge is 2.20. The van der Waals surface area contributed by atoms with Crippen molar-refractivity contribution >= 4 is 0 Å². The maximum atomic E-state index is 9.60. The van der Waals surface area contributed by atoms with E-state index in [1.807, 2.05) is 6.92 Å². The molecular formula is C12H25O3. The van der Waals surface area contributed by atoms with Crippen LogP contribution >= 0.6 is 0 Å². The van der Waals surface area contributed by atoms with Gasteiger partial charge in [-0.05, 0) is 19.3 Å². The number of unbranched alkanes of at least 4 members (excludes halogenated alkanes) is 2. The average Bonchev–Trinajstić information content (AvgIpc) is 2.24. The fraction of sp³-hybridized carbons (Fsp3) is 0.917. The summed E-state index contributed by atoms with van der Waals surface area (Å²) < 4.78 is 10.7. The molecule has 0 amide bonds. The van der Waals surface area contributed by atoms with Crippen LogP contribution < -0.4 is 0 Å². The number of rotatable bonds is 10. The van der Waals surface area contributed by atoms with Gasteiger partial charge in [0.1, 0.15) is 6.10 Å². The smallest absolute Gasteiger partial charge is 0.251 e. The third-order valence-electron chi connectivity index (χ3n) is 2.21. The lowest BCUT2D eigenvalue weighted by molar-refractivity contribution is -0.0955. The van der Waals surface area contributed by atoms with E-state index in [0.717, 1.165) is 32.1 Å². The van der Waals surface area contributed by atoms with E-state index >= 15 is 0 Å². The number of hydrogen-bond donors (Lipinski definition) is 1. The summed E-state index contributed by atoms with van der Waals surface area (Å²) in [6.45, 7) is 7.46. The molecule has 3 heteroatoms. The van der Waals surface area contributed by atoms with Gasteiger partial charge >= 0.3 is 0 Å². The van der Waals surface area contributed by atoms with Crippen molar-refractivity contribution in [1.29, 1.82) is 0 Å². The Hall–Kier alpha value is -0.120. The second-order valence-corrected chi connectivity index (χ2v) is 3.66. The van der Waals surface area contributed by atoms with Gasteiger partial charge in [0, 0.05) is 6.61 Å². The molecule has 0 aromatic heterocycles. The first-order valence-corrected chi connectivity index (χ1v) is 6.06. The molecule has 1 unspecified atom stereocenters. The highest BCUT2D eigenvalue weighted by atomic mass is 16.6. The van der Waals surface area contributed by atoms with Crippen LogP contribution in [0, 0.1) is 6.29 Å². The van der Waals surface area contributed by atoms with E-state index in [0.29, 0.717) is 13.2 Å². The summed E-state index contributed by atoms with van der Waals surface area (Å²) >= 11 is 0. The Kier molecular flexibility index (Phi) is 10.3. The van der Waals surface area contributed by atoms with Crippen molar-refractivity contribution < 1.29 is 14.6 Å². The van der Waals surface area contributed by atoms with Gasteiger partial charge in [0.05, 0.1) is 6.61 Å². The van der Waals surface area contributed by atoms with E-state index in [1.165, 1.54) is 0 Å². The monoisotopic (exact) mass is 217 g/mol. The van der Waals surface area contributed by atoms with Gasteiger partial charge in [0.15, 0.2) is 0 Å². The molecule has 0 spiro atoms. The molecule has 0 saturated carbocycles. The minimum absolute atomic E-state index is 0.0436. The lowest BCUT2D eigenvalue weighted by atomic mass is 10.2. The molecule has 91 valence electrons. The van der Waals surface area contributed by atoms with Crippen LogP contribution in [0.4, 0.5) is 0 Å². The van der Waals surface area contributed by atoms with E-state index in [2.05, 4.69) is 13.8 Å². The van der Waals surface area contributed by atoms with Gasteiger partial charge in [-0.3, -0.25) is 0 Å². The quantitative estimate of drug-likeness (QED) is 0.571. The Labute approximate surface area is 93.8 Å². The fourth-order valence-corrected chi connectivity index (χ4v) is 1.15. The van der Waals surface area contributed by atoms with Crippen molar-refractivity contribution in [3.63, 3.8) is 0 Å². The van der Waals surface area contributed by atoms with E-state index in [1.54, 1.807) is 0 Å². The van der Waals surface area contributed by atoms with Crippen molar-refractivity contribution in [2.75, 3.05) is 13.2 Å². The summed E-state index contributed by atoms with van der Waals surface area (Å²) in [5.74, 6) is 0. The molecule has 1 N–H and O–H groups in total. The van der Waals surface area contributed by atoms with Crippen LogP contribution in [0.3, 0.4) is 0 Å². The zero-order valence-corrected chi connectivity index (χ0v) is 10.3. The molecule has 0 aliphatic carbocycles. The molecule has 1 atom stereocenters. The third kappa shape index (κ3) is 7.77. The number of ether oxygens (including phenoxy) is 2. The Bertz CT molecular complexity index is 128. The largest absolute Gasteiger partial charge is 0.372 e. The summed E-state index contributed by atoms with van der Waals surface area (Å²) in [4.78, 5) is 0. The SMILES string of the molecule is CCCCO[C](O)C(CC)OCCCC. The normalized spacial score (nSPS) is 13.4. The summed E-state index contributed by atoms with van der Waals surface area (Å²) in [6, 6.07) is 0. The van der Waals surface area contributed by atoms with Crippen LogP contribution in [0.1, 0.15) is 52.9 Å². The van der Waals surface area contributed by atoms with Crippen LogP contribution in [-0.2, 0) is 9.47 Å². The third-order valence-corrected chi connectivity index (χ3v) is 2.21. The first-order valence-electron chi connectivity index (χ1n) is 6.06. The zero-order chi connectivity index (χ0) is 11.5. The minimum atomic E-state index is -0.256. The Morgan fingerprint density at radius 3 is 2.20 bits per heavy atom. The highest BCUT2D eigenvalue weighted by molar-refractivity contribution is 4.74. The summed E-state index contributed by atoms with van der Waals surface area (Å²) in [5, 5.41) is 9.60. The molecule has 3 nitrogen and oxygen atoms in total. The maximum Gasteiger partial charge on any atom is 0.251 e. The van der Waals surface area contributed by atoms with Gasteiger partial charge in [-0.2, -0.15) is 0 Å². The molecule has 0 heterocycles. The summed E-state index contributed by atoms with van der Waals surface area (Å²) in [7, 11) is 0. The van der Waals surface area contributed by atoms with E-state index in [-0.39, 0.29) is 12.4 Å². The highest BCUT2D eigenvalue weighted by Crippen LogP contribution is 2.13. The molecule has 1 radical (unpaired) electrons. The van der Waals surface area contributed by atoms with Crippen LogP contribution in [0.15, 0.2) is 0 Å². The molecule has 0 aromatic rings. The van der Waals surface area contributed by atoms with E-state index < -0.39 is 0 Å². The minimum Gasteiger partial charge on any atom is -0.372 e. The lowest BCUT2D eigenvalue weighted by Gasteiger charge is -2.20. The van der Waals surface area contributed by atoms with Gasteiger partial charge in [-0.25, -0.2) is 0 Å². The molecular weight excluding hydrogens is 192 g/mol. The van der Waals surface area contributed by atoms with E-state index in [9.17, 15) is 5.11 Å². The summed E-state index contributed by atoms with van der Waals surface area (Å²) in [5.41, 5.74) is 0. The first kappa shape index (κ1) is 14.9. The predicted molar refractivity (Wildman–Crippen MR) is 61.0 cm³/mol. The van der Waals surface area contributed by atoms with Crippen molar-refractivity contribution in [3.8, 4) is 0 Å². The van der Waals surface area contributed by atoms with Crippen LogP contribution in [0.5, 0.6) is 0 Å². The van der Waals surface area contributed by atoms with Crippen LogP contribution in [-0.4, -0.2) is 24.4 Å². The Balaban J connectivity index is 3.62. The predicted octanol–water partition coefficient (Wildman–Crippen LogP) is 3.26. The first-order chi connectivity index (χ1) is 7.26. The van der Waals surface area contributed by atoms with Crippen LogP contribution in [0.2, 0.25) is 0 Å². The number of aliphatic hydroxyl groups is 1.